The van der Waals surface area contributed by atoms with Gasteiger partial charge in [-0.1, -0.05) is 6.07 Å². The van der Waals surface area contributed by atoms with E-state index >= 15 is 0 Å². The van der Waals surface area contributed by atoms with Crippen molar-refractivity contribution in [2.24, 2.45) is 0 Å². The summed E-state index contributed by atoms with van der Waals surface area (Å²) < 4.78 is 36.8. The number of esters is 1. The van der Waals surface area contributed by atoms with Crippen molar-refractivity contribution < 1.29 is 27.8 Å². The van der Waals surface area contributed by atoms with Gasteiger partial charge in [-0.05, 0) is 32.0 Å². The molecule has 130 valence electrons. The van der Waals surface area contributed by atoms with E-state index in [1.165, 1.54) is 19.1 Å². The van der Waals surface area contributed by atoms with Crippen molar-refractivity contribution in [3.8, 4) is 0 Å². The van der Waals surface area contributed by atoms with Crippen LogP contribution in [0.3, 0.4) is 0 Å². The smallest absolute Gasteiger partial charge is 0.374 e. The van der Waals surface area contributed by atoms with Gasteiger partial charge in [0.15, 0.2) is 0 Å². The van der Waals surface area contributed by atoms with E-state index in [0.29, 0.717) is 5.76 Å². The fourth-order valence-electron chi connectivity index (χ4n) is 2.24. The zero-order chi connectivity index (χ0) is 17.7. The first-order valence-corrected chi connectivity index (χ1v) is 7.48. The van der Waals surface area contributed by atoms with Gasteiger partial charge in [-0.15, -0.1) is 0 Å². The Kier molecular flexibility index (Phi) is 5.69. The maximum Gasteiger partial charge on any atom is 0.374 e. The molecule has 1 aromatic carbocycles. The van der Waals surface area contributed by atoms with E-state index in [4.69, 9.17) is 9.15 Å². The molecule has 0 fully saturated rings. The van der Waals surface area contributed by atoms with Crippen LogP contribution >= 0.6 is 0 Å². The van der Waals surface area contributed by atoms with E-state index in [2.05, 4.69) is 5.32 Å². The molecule has 0 radical (unpaired) electrons. The van der Waals surface area contributed by atoms with Gasteiger partial charge in [-0.25, -0.2) is 13.6 Å². The number of aliphatic hydroxyl groups is 1. The van der Waals surface area contributed by atoms with Gasteiger partial charge in [-0.3, -0.25) is 0 Å². The molecule has 5 nitrogen and oxygen atoms in total. The summed E-state index contributed by atoms with van der Waals surface area (Å²) in [5.41, 5.74) is -1.54. The van der Waals surface area contributed by atoms with E-state index in [1.54, 1.807) is 13.0 Å². The third-order valence-electron chi connectivity index (χ3n) is 3.42. The highest BCUT2D eigenvalue weighted by molar-refractivity contribution is 5.86. The zero-order valence-corrected chi connectivity index (χ0v) is 13.4. The molecule has 2 N–H and O–H groups in total. The SMILES string of the molecule is CCOC(=O)c1ccc(CNCC(C)(O)c2ccc(F)cc2F)o1. The minimum absolute atomic E-state index is 0.00495. The van der Waals surface area contributed by atoms with Gasteiger partial charge >= 0.3 is 5.97 Å². The average Bonchev–Trinajstić information content (AvgIpc) is 2.96. The van der Waals surface area contributed by atoms with Crippen LogP contribution in [0.1, 0.15) is 35.7 Å². The summed E-state index contributed by atoms with van der Waals surface area (Å²) in [6.45, 7) is 3.59. The number of carbonyl (C=O) groups is 1. The second-order valence-corrected chi connectivity index (χ2v) is 5.49. The first kappa shape index (κ1) is 18.1. The van der Waals surface area contributed by atoms with Crippen LogP contribution in [0.4, 0.5) is 8.78 Å². The van der Waals surface area contributed by atoms with Gasteiger partial charge in [0.25, 0.3) is 0 Å². The average molecular weight is 339 g/mol. The van der Waals surface area contributed by atoms with Crippen molar-refractivity contribution in [2.45, 2.75) is 26.0 Å². The van der Waals surface area contributed by atoms with E-state index < -0.39 is 23.2 Å². The molecule has 0 saturated heterocycles. The minimum Gasteiger partial charge on any atom is -0.460 e. The Bertz CT molecular complexity index is 712. The van der Waals surface area contributed by atoms with Crippen molar-refractivity contribution in [3.05, 3.63) is 59.1 Å². The Labute approximate surface area is 138 Å². The van der Waals surface area contributed by atoms with Gasteiger partial charge in [0.1, 0.15) is 23.0 Å². The summed E-state index contributed by atoms with van der Waals surface area (Å²) in [4.78, 5) is 11.5. The van der Waals surface area contributed by atoms with E-state index in [1.807, 2.05) is 0 Å². The summed E-state index contributed by atoms with van der Waals surface area (Å²) in [6.07, 6.45) is 0. The number of furan rings is 1. The molecule has 2 rings (SSSR count). The van der Waals surface area contributed by atoms with Gasteiger partial charge in [0, 0.05) is 18.2 Å². The number of hydrogen-bond donors (Lipinski definition) is 2. The van der Waals surface area contributed by atoms with Crippen molar-refractivity contribution >= 4 is 5.97 Å². The Balaban J connectivity index is 1.94. The van der Waals surface area contributed by atoms with E-state index in [9.17, 15) is 18.7 Å². The number of halogens is 2. The number of benzene rings is 1. The molecule has 1 heterocycles. The van der Waals surface area contributed by atoms with Crippen molar-refractivity contribution in [3.63, 3.8) is 0 Å². The standard InChI is InChI=1S/C17H19F2NO4/c1-3-23-16(21)15-7-5-12(24-15)9-20-10-17(2,22)13-6-4-11(18)8-14(13)19/h4-8,20,22H,3,9-10H2,1-2H3. The Morgan fingerprint density at radius 1 is 1.33 bits per heavy atom. The Hall–Kier alpha value is -2.25. The lowest BCUT2D eigenvalue weighted by atomic mass is 9.95. The lowest BCUT2D eigenvalue weighted by Gasteiger charge is -2.24. The Morgan fingerprint density at radius 3 is 2.75 bits per heavy atom. The zero-order valence-electron chi connectivity index (χ0n) is 13.4. The molecule has 1 unspecified atom stereocenters. The van der Waals surface area contributed by atoms with Crippen LogP contribution in [0.2, 0.25) is 0 Å². The number of ether oxygens (including phenoxy) is 1. The molecule has 1 aromatic heterocycles. The van der Waals surface area contributed by atoms with Crippen LogP contribution in [0.25, 0.3) is 0 Å². The van der Waals surface area contributed by atoms with Crippen LogP contribution in [-0.4, -0.2) is 24.2 Å². The molecule has 0 bridgehead atoms. The summed E-state index contributed by atoms with van der Waals surface area (Å²) in [7, 11) is 0. The van der Waals surface area contributed by atoms with Gasteiger partial charge in [-0.2, -0.15) is 0 Å². The molecule has 0 amide bonds. The molecule has 0 spiro atoms. The van der Waals surface area contributed by atoms with Gasteiger partial charge < -0.3 is 19.6 Å². The van der Waals surface area contributed by atoms with Crippen molar-refractivity contribution in [2.75, 3.05) is 13.2 Å². The van der Waals surface area contributed by atoms with Crippen LogP contribution in [-0.2, 0) is 16.9 Å². The normalized spacial score (nSPS) is 13.5. The monoisotopic (exact) mass is 339 g/mol. The first-order valence-electron chi connectivity index (χ1n) is 7.48. The van der Waals surface area contributed by atoms with Crippen LogP contribution < -0.4 is 5.32 Å². The fourth-order valence-corrected chi connectivity index (χ4v) is 2.24. The summed E-state index contributed by atoms with van der Waals surface area (Å²) in [5.74, 6) is -1.52. The predicted octanol–water partition coefficient (Wildman–Crippen LogP) is 2.73. The van der Waals surface area contributed by atoms with E-state index in [0.717, 1.165) is 12.1 Å². The molecule has 0 aliphatic rings. The quantitative estimate of drug-likeness (QED) is 0.759. The molecule has 0 aliphatic heterocycles. The number of hydrogen-bond acceptors (Lipinski definition) is 5. The highest BCUT2D eigenvalue weighted by Gasteiger charge is 2.26. The number of carbonyl (C=O) groups excluding carboxylic acids is 1. The first-order chi connectivity index (χ1) is 11.3. The van der Waals surface area contributed by atoms with Crippen molar-refractivity contribution in [1.82, 2.24) is 5.32 Å². The lowest BCUT2D eigenvalue weighted by Crippen LogP contribution is -2.35. The Morgan fingerprint density at radius 2 is 2.08 bits per heavy atom. The number of nitrogens with one attached hydrogen (secondary N) is 1. The topological polar surface area (TPSA) is 71.7 Å². The van der Waals surface area contributed by atoms with Gasteiger partial charge in [0.2, 0.25) is 5.76 Å². The maximum atomic E-state index is 13.8. The van der Waals surface area contributed by atoms with Gasteiger partial charge in [0.05, 0.1) is 13.2 Å². The largest absolute Gasteiger partial charge is 0.460 e. The molecule has 0 saturated carbocycles. The lowest BCUT2D eigenvalue weighted by molar-refractivity contribution is 0.0477. The molecule has 24 heavy (non-hydrogen) atoms. The fraction of sp³-hybridized carbons (Fsp3) is 0.353. The molecular formula is C17H19F2NO4. The second kappa shape index (κ2) is 7.55. The predicted molar refractivity (Wildman–Crippen MR) is 82.3 cm³/mol. The minimum atomic E-state index is -1.53. The third-order valence-corrected chi connectivity index (χ3v) is 3.42. The summed E-state index contributed by atoms with van der Waals surface area (Å²) in [6, 6.07) is 6.12. The summed E-state index contributed by atoms with van der Waals surface area (Å²) in [5, 5.41) is 13.3. The van der Waals surface area contributed by atoms with Crippen LogP contribution in [0.5, 0.6) is 0 Å². The van der Waals surface area contributed by atoms with Crippen LogP contribution in [0, 0.1) is 11.6 Å². The second-order valence-electron chi connectivity index (χ2n) is 5.49. The van der Waals surface area contributed by atoms with E-state index in [-0.39, 0.29) is 31.0 Å². The molecule has 1 atom stereocenters. The molecule has 7 heteroatoms. The molecule has 0 aliphatic carbocycles. The highest BCUT2D eigenvalue weighted by atomic mass is 19.1. The maximum absolute atomic E-state index is 13.8. The number of rotatable bonds is 7. The molecular weight excluding hydrogens is 320 g/mol. The summed E-state index contributed by atoms with van der Waals surface area (Å²) >= 11 is 0. The van der Waals surface area contributed by atoms with Crippen molar-refractivity contribution in [1.29, 1.82) is 0 Å². The highest BCUT2D eigenvalue weighted by Crippen LogP contribution is 2.23. The van der Waals surface area contributed by atoms with Crippen LogP contribution in [0.15, 0.2) is 34.7 Å². The molecule has 2 aromatic rings. The third kappa shape index (κ3) is 4.39.